The van der Waals surface area contributed by atoms with Crippen molar-refractivity contribution in [3.63, 3.8) is 0 Å². The summed E-state index contributed by atoms with van der Waals surface area (Å²) in [4.78, 5) is 3.83. The minimum absolute atomic E-state index is 0.00812. The molecule has 0 bridgehead atoms. The van der Waals surface area contributed by atoms with Gasteiger partial charge in [0.1, 0.15) is 12.4 Å². The number of hydrogen-bond donors (Lipinski definition) is 0. The van der Waals surface area contributed by atoms with Crippen LogP contribution in [0.4, 0.5) is 24.5 Å². The highest BCUT2D eigenvalue weighted by molar-refractivity contribution is 7.92. The van der Waals surface area contributed by atoms with Crippen molar-refractivity contribution in [1.29, 1.82) is 0 Å². The van der Waals surface area contributed by atoms with Crippen LogP contribution in [0.25, 0.3) is 11.1 Å². The van der Waals surface area contributed by atoms with E-state index in [0.29, 0.717) is 0 Å². The van der Waals surface area contributed by atoms with Crippen LogP contribution in [0.2, 0.25) is 5.02 Å². The van der Waals surface area contributed by atoms with Gasteiger partial charge in [-0.25, -0.2) is 8.42 Å². The van der Waals surface area contributed by atoms with E-state index in [4.69, 9.17) is 16.3 Å². The standard InChI is InChI=1S/C18H14ClF3N2O3S2/c1-29(25,26)24-5-6-27-16-3-2-11(8-15(16)24)17-13(18(20,21)22)9-12(10-14(17)19)23-4-7-28/h2-4,7-10H,5-6H2,1H3. The summed E-state index contributed by atoms with van der Waals surface area (Å²) in [6.45, 7) is 0.195. The predicted octanol–water partition coefficient (Wildman–Crippen LogP) is 4.89. The Morgan fingerprint density at radius 3 is 2.62 bits per heavy atom. The number of fused-ring (bicyclic) bond motifs is 1. The molecular formula is C18H14ClF3N2O3S2. The lowest BCUT2D eigenvalue weighted by atomic mass is 9.97. The monoisotopic (exact) mass is 462 g/mol. The first-order chi connectivity index (χ1) is 13.5. The van der Waals surface area contributed by atoms with Crippen LogP contribution in [0.15, 0.2) is 35.3 Å². The fourth-order valence-electron chi connectivity index (χ4n) is 2.99. The highest BCUT2D eigenvalue weighted by atomic mass is 35.5. The quantitative estimate of drug-likeness (QED) is 0.479. The minimum atomic E-state index is -4.72. The zero-order chi connectivity index (χ0) is 21.4. The number of aliphatic imine (C=N–C) groups is 1. The average Bonchev–Trinajstić information content (AvgIpc) is 2.63. The van der Waals surface area contributed by atoms with Crippen LogP contribution in [-0.4, -0.2) is 39.4 Å². The molecule has 0 N–H and O–H groups in total. The van der Waals surface area contributed by atoms with Crippen molar-refractivity contribution < 1.29 is 26.3 Å². The minimum Gasteiger partial charge on any atom is -0.489 e. The molecule has 5 nitrogen and oxygen atoms in total. The third-order valence-electron chi connectivity index (χ3n) is 4.13. The van der Waals surface area contributed by atoms with Crippen LogP contribution in [-0.2, 0) is 16.2 Å². The van der Waals surface area contributed by atoms with Gasteiger partial charge < -0.3 is 4.74 Å². The molecule has 3 rings (SSSR count). The van der Waals surface area contributed by atoms with E-state index in [2.05, 4.69) is 17.2 Å². The van der Waals surface area contributed by atoms with E-state index < -0.39 is 21.8 Å². The van der Waals surface area contributed by atoms with Gasteiger partial charge in [-0.3, -0.25) is 9.30 Å². The predicted molar refractivity (Wildman–Crippen MR) is 111 cm³/mol. The molecule has 154 valence electrons. The van der Waals surface area contributed by atoms with Gasteiger partial charge in [-0.05, 0) is 29.8 Å². The van der Waals surface area contributed by atoms with Crippen LogP contribution < -0.4 is 9.04 Å². The largest absolute Gasteiger partial charge is 0.489 e. The molecule has 0 atom stereocenters. The van der Waals surface area contributed by atoms with E-state index >= 15 is 0 Å². The van der Waals surface area contributed by atoms with Gasteiger partial charge in [0, 0.05) is 17.1 Å². The normalized spacial score (nSPS) is 14.6. The van der Waals surface area contributed by atoms with Crippen molar-refractivity contribution in [3.8, 4) is 16.9 Å². The summed E-state index contributed by atoms with van der Waals surface area (Å²) in [6.07, 6.45) is -2.52. The highest BCUT2D eigenvalue weighted by Crippen LogP contribution is 2.45. The van der Waals surface area contributed by atoms with Crippen LogP contribution in [0, 0.1) is 0 Å². The molecule has 0 amide bonds. The Hall–Kier alpha value is -2.17. The average molecular weight is 463 g/mol. The third-order valence-corrected chi connectivity index (χ3v) is 5.73. The van der Waals surface area contributed by atoms with Crippen molar-refractivity contribution in [2.75, 3.05) is 23.7 Å². The first-order valence-corrected chi connectivity index (χ1v) is 10.9. The molecule has 1 aliphatic rings. The number of benzene rings is 2. The van der Waals surface area contributed by atoms with E-state index in [0.717, 1.165) is 16.6 Å². The van der Waals surface area contributed by atoms with Gasteiger partial charge in [-0.15, -0.1) is 0 Å². The molecule has 0 saturated heterocycles. The molecular weight excluding hydrogens is 449 g/mol. The molecule has 11 heteroatoms. The van der Waals surface area contributed by atoms with E-state index in [1.807, 2.05) is 0 Å². The van der Waals surface area contributed by atoms with E-state index in [-0.39, 0.29) is 46.4 Å². The number of thiocarbonyl (C=S) groups is 1. The Labute approximate surface area is 175 Å². The van der Waals surface area contributed by atoms with Gasteiger partial charge in [0.25, 0.3) is 0 Å². The van der Waals surface area contributed by atoms with Gasteiger partial charge in [-0.2, -0.15) is 13.2 Å². The number of nitrogens with zero attached hydrogens (tertiary/aromatic N) is 2. The van der Waals surface area contributed by atoms with Gasteiger partial charge >= 0.3 is 6.18 Å². The number of alkyl halides is 3. The number of halogens is 4. The summed E-state index contributed by atoms with van der Waals surface area (Å²) in [7, 11) is -3.64. The summed E-state index contributed by atoms with van der Waals surface area (Å²) < 4.78 is 71.9. The fraction of sp³-hybridized carbons (Fsp3) is 0.222. The van der Waals surface area contributed by atoms with Crippen molar-refractivity contribution in [2.45, 2.75) is 6.18 Å². The molecule has 2 aromatic rings. The molecule has 0 fully saturated rings. The number of anilines is 1. The molecule has 0 radical (unpaired) electrons. The molecule has 1 aliphatic heterocycles. The second kappa shape index (κ2) is 7.92. The van der Waals surface area contributed by atoms with Gasteiger partial charge in [-0.1, -0.05) is 29.9 Å². The summed E-state index contributed by atoms with van der Waals surface area (Å²) in [5.74, 6) is 0.261. The van der Waals surface area contributed by atoms with Gasteiger partial charge in [0.15, 0.2) is 0 Å². The first kappa shape index (κ1) is 21.5. The summed E-state index contributed by atoms with van der Waals surface area (Å²) in [5, 5.41) is 0.983. The third kappa shape index (κ3) is 4.54. The molecule has 0 spiro atoms. The van der Waals surface area contributed by atoms with Gasteiger partial charge in [0.05, 0.1) is 34.8 Å². The Balaban J connectivity index is 2.23. The fourth-order valence-corrected chi connectivity index (χ4v) is 4.28. The molecule has 0 saturated carbocycles. The lowest BCUT2D eigenvalue weighted by Gasteiger charge is -2.30. The van der Waals surface area contributed by atoms with E-state index in [1.165, 1.54) is 35.8 Å². The zero-order valence-electron chi connectivity index (χ0n) is 14.9. The lowest BCUT2D eigenvalue weighted by Crippen LogP contribution is -2.37. The van der Waals surface area contributed by atoms with Crippen molar-refractivity contribution in [2.24, 2.45) is 4.99 Å². The molecule has 0 aromatic heterocycles. The number of sulfonamides is 1. The summed E-state index contributed by atoms with van der Waals surface area (Å²) in [5.41, 5.74) is -1.02. The van der Waals surface area contributed by atoms with E-state index in [9.17, 15) is 21.6 Å². The topological polar surface area (TPSA) is 59.0 Å². The second-order valence-corrected chi connectivity index (χ2v) is 8.71. The van der Waals surface area contributed by atoms with Crippen LogP contribution in [0.3, 0.4) is 0 Å². The second-order valence-electron chi connectivity index (χ2n) is 6.13. The van der Waals surface area contributed by atoms with Crippen LogP contribution in [0.5, 0.6) is 5.75 Å². The first-order valence-electron chi connectivity index (χ1n) is 8.16. The van der Waals surface area contributed by atoms with Crippen LogP contribution in [0.1, 0.15) is 5.56 Å². The molecule has 2 aromatic carbocycles. The molecule has 29 heavy (non-hydrogen) atoms. The maximum atomic E-state index is 13.8. The molecule has 0 aliphatic carbocycles. The Bertz CT molecular complexity index is 1100. The highest BCUT2D eigenvalue weighted by Gasteiger charge is 2.36. The number of hydrogen-bond acceptors (Lipinski definition) is 5. The van der Waals surface area contributed by atoms with Crippen molar-refractivity contribution >= 4 is 56.8 Å². The number of rotatable bonds is 4. The maximum Gasteiger partial charge on any atom is 0.417 e. The van der Waals surface area contributed by atoms with Crippen molar-refractivity contribution in [1.82, 2.24) is 0 Å². The Morgan fingerprint density at radius 2 is 2.00 bits per heavy atom. The van der Waals surface area contributed by atoms with Gasteiger partial charge in [0.2, 0.25) is 10.0 Å². The number of ether oxygens (including phenoxy) is 1. The maximum absolute atomic E-state index is 13.8. The molecule has 1 heterocycles. The SMILES string of the molecule is CS(=O)(=O)N1CCOc2ccc(-c3c(Cl)cc(N=CC=S)cc3C(F)(F)F)cc21. The van der Waals surface area contributed by atoms with E-state index in [1.54, 1.807) is 0 Å². The Kier molecular flexibility index (Phi) is 5.88. The Morgan fingerprint density at radius 1 is 1.28 bits per heavy atom. The molecule has 0 unspecified atom stereocenters. The van der Waals surface area contributed by atoms with Crippen molar-refractivity contribution in [3.05, 3.63) is 40.9 Å². The summed E-state index contributed by atoms with van der Waals surface area (Å²) in [6, 6.07) is 6.30. The smallest absolute Gasteiger partial charge is 0.417 e. The lowest BCUT2D eigenvalue weighted by molar-refractivity contribution is -0.137. The zero-order valence-corrected chi connectivity index (χ0v) is 17.3. The van der Waals surface area contributed by atoms with Crippen LogP contribution >= 0.6 is 23.8 Å². The summed E-state index contributed by atoms with van der Waals surface area (Å²) >= 11 is 10.8.